The minimum absolute atomic E-state index is 0.413. The lowest BCUT2D eigenvalue weighted by atomic mass is 9.89. The number of hydrogen-bond acceptors (Lipinski definition) is 4. The molecule has 0 amide bonds. The second-order valence-corrected chi connectivity index (χ2v) is 4.45. The van der Waals surface area contributed by atoms with Crippen LogP contribution in [0.4, 0.5) is 5.82 Å². The molecule has 2 heterocycles. The van der Waals surface area contributed by atoms with E-state index < -0.39 is 0 Å². The summed E-state index contributed by atoms with van der Waals surface area (Å²) in [5.41, 5.74) is 7.40. The summed E-state index contributed by atoms with van der Waals surface area (Å²) < 4.78 is 0. The van der Waals surface area contributed by atoms with Crippen molar-refractivity contribution in [2.75, 3.05) is 5.73 Å². The molecule has 2 aromatic heterocycles. The largest absolute Gasteiger partial charge is 0.380 e. The zero-order valence-corrected chi connectivity index (χ0v) is 9.11. The molecule has 2 aromatic rings. The van der Waals surface area contributed by atoms with Crippen molar-refractivity contribution in [2.45, 2.75) is 38.0 Å². The van der Waals surface area contributed by atoms with Gasteiger partial charge >= 0.3 is 0 Å². The molecular formula is C11H15N5. The van der Waals surface area contributed by atoms with Crippen molar-refractivity contribution in [1.29, 1.82) is 0 Å². The number of nitrogens with two attached hydrogens (primary N) is 1. The molecule has 0 radical (unpaired) electrons. The van der Waals surface area contributed by atoms with Crippen molar-refractivity contribution in [3.63, 3.8) is 0 Å². The third kappa shape index (κ3) is 1.52. The molecular weight excluding hydrogens is 202 g/mol. The number of aromatic nitrogens is 4. The highest BCUT2D eigenvalue weighted by Gasteiger charge is 2.19. The van der Waals surface area contributed by atoms with Crippen LogP contribution < -0.4 is 5.73 Å². The summed E-state index contributed by atoms with van der Waals surface area (Å²) in [6.45, 7) is 0. The Balaban J connectivity index is 2.01. The molecule has 0 spiro atoms. The van der Waals surface area contributed by atoms with E-state index >= 15 is 0 Å². The van der Waals surface area contributed by atoms with Gasteiger partial charge in [0.25, 0.3) is 0 Å². The Hall–Kier alpha value is -1.65. The number of anilines is 1. The number of aromatic amines is 1. The highest BCUT2D eigenvalue weighted by molar-refractivity contribution is 5.83. The topological polar surface area (TPSA) is 80.5 Å². The maximum absolute atomic E-state index is 5.74. The van der Waals surface area contributed by atoms with Crippen LogP contribution >= 0.6 is 0 Å². The van der Waals surface area contributed by atoms with Crippen LogP contribution in [0.25, 0.3) is 11.0 Å². The van der Waals surface area contributed by atoms with Gasteiger partial charge in [0.05, 0.1) is 11.7 Å². The van der Waals surface area contributed by atoms with Gasteiger partial charge in [0.2, 0.25) is 0 Å². The number of nitrogens with zero attached hydrogens (tertiary/aromatic N) is 3. The first-order valence-electron chi connectivity index (χ1n) is 5.81. The van der Waals surface area contributed by atoms with Gasteiger partial charge in [0.1, 0.15) is 11.3 Å². The Kier molecular flexibility index (Phi) is 2.23. The molecule has 84 valence electrons. The molecule has 0 unspecified atom stereocenters. The normalized spacial score (nSPS) is 18.0. The molecule has 1 fully saturated rings. The van der Waals surface area contributed by atoms with Gasteiger partial charge in [-0.1, -0.05) is 19.3 Å². The highest BCUT2D eigenvalue weighted by Crippen LogP contribution is 2.32. The Morgan fingerprint density at radius 3 is 2.81 bits per heavy atom. The summed E-state index contributed by atoms with van der Waals surface area (Å²) >= 11 is 0. The van der Waals surface area contributed by atoms with Gasteiger partial charge < -0.3 is 10.7 Å². The number of H-pyrrole nitrogens is 1. The third-order valence-electron chi connectivity index (χ3n) is 3.34. The van der Waals surface area contributed by atoms with Crippen molar-refractivity contribution < 1.29 is 0 Å². The predicted molar refractivity (Wildman–Crippen MR) is 61.9 cm³/mol. The second kappa shape index (κ2) is 3.73. The average molecular weight is 217 g/mol. The van der Waals surface area contributed by atoms with Crippen LogP contribution in [-0.2, 0) is 0 Å². The minimum Gasteiger partial charge on any atom is -0.380 e. The molecule has 3 rings (SSSR count). The maximum Gasteiger partial charge on any atom is 0.174 e. The molecule has 0 atom stereocenters. The zero-order valence-electron chi connectivity index (χ0n) is 9.11. The SMILES string of the molecule is Nc1nncc2[nH]c(C3CCCCC3)nc12. The van der Waals surface area contributed by atoms with Crippen LogP contribution in [0.5, 0.6) is 0 Å². The number of hydrogen-bond donors (Lipinski definition) is 2. The molecule has 1 aliphatic rings. The van der Waals surface area contributed by atoms with Gasteiger partial charge in [-0.2, -0.15) is 5.10 Å². The van der Waals surface area contributed by atoms with Gasteiger partial charge in [0, 0.05) is 5.92 Å². The Morgan fingerprint density at radius 2 is 2.06 bits per heavy atom. The van der Waals surface area contributed by atoms with Crippen LogP contribution in [0.1, 0.15) is 43.8 Å². The Bertz CT molecular complexity index is 498. The maximum atomic E-state index is 5.74. The van der Waals surface area contributed by atoms with E-state index in [0.717, 1.165) is 16.9 Å². The quantitative estimate of drug-likeness (QED) is 0.765. The lowest BCUT2D eigenvalue weighted by Crippen LogP contribution is -2.05. The average Bonchev–Trinajstić information content (AvgIpc) is 2.76. The summed E-state index contributed by atoms with van der Waals surface area (Å²) in [5.74, 6) is 2.02. The molecule has 0 bridgehead atoms. The van der Waals surface area contributed by atoms with Gasteiger partial charge in [0.15, 0.2) is 5.82 Å². The lowest BCUT2D eigenvalue weighted by molar-refractivity contribution is 0.431. The molecule has 16 heavy (non-hydrogen) atoms. The van der Waals surface area contributed by atoms with Crippen LogP contribution in [0.3, 0.4) is 0 Å². The highest BCUT2D eigenvalue weighted by atomic mass is 15.1. The number of fused-ring (bicyclic) bond motifs is 1. The first-order valence-corrected chi connectivity index (χ1v) is 5.81. The number of nitrogens with one attached hydrogen (secondary N) is 1. The molecule has 1 saturated carbocycles. The minimum atomic E-state index is 0.413. The van der Waals surface area contributed by atoms with E-state index in [0.29, 0.717) is 11.7 Å². The van der Waals surface area contributed by atoms with Gasteiger partial charge in [-0.3, -0.25) is 0 Å². The number of imidazole rings is 1. The number of rotatable bonds is 1. The van der Waals surface area contributed by atoms with Crippen LogP contribution in [-0.4, -0.2) is 20.2 Å². The summed E-state index contributed by atoms with van der Waals surface area (Å²) in [7, 11) is 0. The Labute approximate surface area is 93.5 Å². The molecule has 1 aliphatic carbocycles. The fourth-order valence-corrected chi connectivity index (χ4v) is 2.46. The van der Waals surface area contributed by atoms with Crippen molar-refractivity contribution in [3.8, 4) is 0 Å². The van der Waals surface area contributed by atoms with E-state index in [4.69, 9.17) is 5.73 Å². The molecule has 0 aliphatic heterocycles. The predicted octanol–water partition coefficient (Wildman–Crippen LogP) is 1.98. The number of nitrogen functional groups attached to an aromatic ring is 1. The standard InChI is InChI=1S/C11H15N5/c12-10-9-8(6-13-16-10)14-11(15-9)7-4-2-1-3-5-7/h6-7H,1-5H2,(H2,12,16)(H,14,15). The van der Waals surface area contributed by atoms with Gasteiger partial charge in [-0.15, -0.1) is 5.10 Å². The lowest BCUT2D eigenvalue weighted by Gasteiger charge is -2.18. The van der Waals surface area contributed by atoms with Crippen LogP contribution in [0.15, 0.2) is 6.20 Å². The molecule has 5 heteroatoms. The third-order valence-corrected chi connectivity index (χ3v) is 3.34. The summed E-state index contributed by atoms with van der Waals surface area (Å²) in [5, 5.41) is 7.64. The summed E-state index contributed by atoms with van der Waals surface area (Å²) in [6.07, 6.45) is 8.08. The summed E-state index contributed by atoms with van der Waals surface area (Å²) in [4.78, 5) is 7.87. The fourth-order valence-electron chi connectivity index (χ4n) is 2.46. The van der Waals surface area contributed by atoms with Crippen LogP contribution in [0, 0.1) is 0 Å². The molecule has 0 aromatic carbocycles. The second-order valence-electron chi connectivity index (χ2n) is 4.45. The van der Waals surface area contributed by atoms with Crippen molar-refractivity contribution >= 4 is 16.9 Å². The van der Waals surface area contributed by atoms with Crippen molar-refractivity contribution in [1.82, 2.24) is 20.2 Å². The van der Waals surface area contributed by atoms with E-state index in [2.05, 4.69) is 20.2 Å². The van der Waals surface area contributed by atoms with E-state index in [1.165, 1.54) is 32.1 Å². The first kappa shape index (κ1) is 9.57. The zero-order chi connectivity index (χ0) is 11.0. The molecule has 0 saturated heterocycles. The Morgan fingerprint density at radius 1 is 1.25 bits per heavy atom. The summed E-state index contributed by atoms with van der Waals surface area (Å²) in [6, 6.07) is 0. The first-order chi connectivity index (χ1) is 7.84. The van der Waals surface area contributed by atoms with E-state index in [1.807, 2.05) is 0 Å². The fraction of sp³-hybridized carbons (Fsp3) is 0.545. The molecule has 5 nitrogen and oxygen atoms in total. The van der Waals surface area contributed by atoms with Crippen molar-refractivity contribution in [2.24, 2.45) is 0 Å². The van der Waals surface area contributed by atoms with Crippen molar-refractivity contribution in [3.05, 3.63) is 12.0 Å². The van der Waals surface area contributed by atoms with E-state index in [1.54, 1.807) is 6.20 Å². The monoisotopic (exact) mass is 217 g/mol. The van der Waals surface area contributed by atoms with E-state index in [-0.39, 0.29) is 0 Å². The smallest absolute Gasteiger partial charge is 0.174 e. The van der Waals surface area contributed by atoms with E-state index in [9.17, 15) is 0 Å². The molecule has 3 N–H and O–H groups in total. The van der Waals surface area contributed by atoms with Gasteiger partial charge in [-0.05, 0) is 12.8 Å². The van der Waals surface area contributed by atoms with Crippen LogP contribution in [0.2, 0.25) is 0 Å². The van der Waals surface area contributed by atoms with Gasteiger partial charge in [-0.25, -0.2) is 4.98 Å².